The summed E-state index contributed by atoms with van der Waals surface area (Å²) in [5, 5.41) is 15.7. The zero-order valence-electron chi connectivity index (χ0n) is 42.1. The van der Waals surface area contributed by atoms with Crippen molar-refractivity contribution in [3.8, 4) is 0 Å². The van der Waals surface area contributed by atoms with Crippen molar-refractivity contribution in [1.82, 2.24) is 34.9 Å². The van der Waals surface area contributed by atoms with E-state index in [4.69, 9.17) is 15.6 Å². The van der Waals surface area contributed by atoms with E-state index in [-0.39, 0.29) is 67.2 Å². The molecule has 68 heavy (non-hydrogen) atoms. The highest BCUT2D eigenvalue weighted by molar-refractivity contribution is 6.00. The number of primary amides is 1. The van der Waals surface area contributed by atoms with Crippen LogP contribution in [0.2, 0.25) is 0 Å². The molecule has 2 saturated heterocycles. The third-order valence-electron chi connectivity index (χ3n) is 12.2. The zero-order valence-corrected chi connectivity index (χ0v) is 42.1. The summed E-state index contributed by atoms with van der Waals surface area (Å²) in [6.07, 6.45) is 10.2. The topological polar surface area (TPSA) is 262 Å². The fourth-order valence-electron chi connectivity index (χ4n) is 8.84. The molecule has 19 heteroatoms. The molecule has 1 saturated carbocycles. The number of carbonyl (C=O) groups excluding carboxylic acids is 7. The van der Waals surface area contributed by atoms with E-state index in [2.05, 4.69) is 31.4 Å². The maximum atomic E-state index is 13.8. The van der Waals surface area contributed by atoms with Gasteiger partial charge in [0.25, 0.3) is 0 Å². The molecule has 0 bridgehead atoms. The van der Waals surface area contributed by atoms with Gasteiger partial charge in [-0.05, 0) is 128 Å². The van der Waals surface area contributed by atoms with Crippen molar-refractivity contribution in [3.63, 3.8) is 0 Å². The van der Waals surface area contributed by atoms with E-state index in [1.807, 2.05) is 74.9 Å². The molecule has 1 aromatic carbocycles. The molecule has 7 amide bonds. The van der Waals surface area contributed by atoms with Crippen LogP contribution in [0, 0.1) is 11.8 Å². The first-order valence-electron chi connectivity index (χ1n) is 24.4. The summed E-state index contributed by atoms with van der Waals surface area (Å²) in [4.78, 5) is 110. The minimum atomic E-state index is -1.18. The number of alkyl carbamates (subject to hydrolysis) is 1. The maximum Gasteiger partial charge on any atom is 0.407 e. The number of aryl methyl sites for hydroxylation is 1. The summed E-state index contributed by atoms with van der Waals surface area (Å²) < 4.78 is 8.51. The number of carboxylic acids is 1. The lowest BCUT2D eigenvalue weighted by atomic mass is 9.78. The summed E-state index contributed by atoms with van der Waals surface area (Å²) in [6.45, 7) is 18.5. The monoisotopic (exact) mass is 957 g/mol. The van der Waals surface area contributed by atoms with Crippen LogP contribution in [0.1, 0.15) is 157 Å². The molecule has 382 valence electrons. The lowest BCUT2D eigenvalue weighted by molar-refractivity contribution is -0.141. The summed E-state index contributed by atoms with van der Waals surface area (Å²) in [6, 6.07) is 4.24. The largest absolute Gasteiger partial charge is 0.480 e. The molecule has 19 nitrogen and oxygen atoms in total. The van der Waals surface area contributed by atoms with Gasteiger partial charge in [-0.1, -0.05) is 40.2 Å². The minimum absolute atomic E-state index is 0.0173. The number of imidazole rings is 1. The molecule has 3 fully saturated rings. The number of nitrogens with one attached hydrogen (secondary N) is 3. The Morgan fingerprint density at radius 2 is 1.62 bits per heavy atom. The van der Waals surface area contributed by atoms with Crippen molar-refractivity contribution >= 4 is 59.5 Å². The number of carboxylic acid groups (broad SMARTS) is 1. The van der Waals surface area contributed by atoms with Gasteiger partial charge >= 0.3 is 17.8 Å². The molecule has 6 N–H and O–H groups in total. The number of nitrogens with two attached hydrogens (primary N) is 1. The molecule has 2 aromatic rings. The highest BCUT2D eigenvalue weighted by atomic mass is 16.6. The highest BCUT2D eigenvalue weighted by Crippen LogP contribution is 2.34. The second-order valence-electron chi connectivity index (χ2n) is 19.0. The maximum absolute atomic E-state index is 13.8. The molecule has 5 atom stereocenters. The average Bonchev–Trinajstić information content (AvgIpc) is 3.75. The second-order valence-corrected chi connectivity index (χ2v) is 19.0. The van der Waals surface area contributed by atoms with Gasteiger partial charge < -0.3 is 36.0 Å². The molecule has 3 aliphatic rings. The van der Waals surface area contributed by atoms with Gasteiger partial charge in [0.15, 0.2) is 0 Å². The minimum Gasteiger partial charge on any atom is -0.480 e. The lowest BCUT2D eigenvalue weighted by Gasteiger charge is -2.33. The van der Waals surface area contributed by atoms with Gasteiger partial charge in [0.1, 0.15) is 17.7 Å². The number of fused-ring (bicyclic) bond motifs is 1. The number of piperidine rings is 1. The quantitative estimate of drug-likeness (QED) is 0.0971. The van der Waals surface area contributed by atoms with Crippen molar-refractivity contribution < 1.29 is 48.2 Å². The predicted octanol–water partition coefficient (Wildman–Crippen LogP) is 5.09. The van der Waals surface area contributed by atoms with Crippen LogP contribution in [0.25, 0.3) is 11.0 Å². The standard InChI is InChI=1S/C38H56N6O7.C6H10N2O4.C3H8.C2H6/c1-24(39-36(49)51-38(3,4)5)22-42(18-17-29-13-7-25(2)43(29)23-45)34(47)21-27-10-8-26(9-11-27)19-28-12-14-30-32(20-28)41(6)37(50)44(30)31-15-16-33(46)40-35(31)48;7-5(10)2-1-4(6(11)12)8-3-9;1-3-2;1-2/h12,14,20,23-27,29,31H,7-11,13,15-19,21-22H2,1-6H3,(H,39,49)(H,40,46,48);3-4H,1-2H2,(H2,7,10)(H,8,9)(H,11,12);3H2,1-2H3;1-2H3. The Morgan fingerprint density at radius 3 is 2.18 bits per heavy atom. The Kier molecular flexibility index (Phi) is 24.5. The van der Waals surface area contributed by atoms with Crippen molar-refractivity contribution in [2.24, 2.45) is 24.6 Å². The van der Waals surface area contributed by atoms with Gasteiger partial charge in [-0.15, -0.1) is 0 Å². The number of benzene rings is 1. The molecular formula is C49H80N8O11. The molecule has 2 aliphatic heterocycles. The van der Waals surface area contributed by atoms with Crippen LogP contribution in [0.15, 0.2) is 23.0 Å². The van der Waals surface area contributed by atoms with Crippen LogP contribution in [0.5, 0.6) is 0 Å². The van der Waals surface area contributed by atoms with Gasteiger partial charge in [0.05, 0.1) is 11.0 Å². The van der Waals surface area contributed by atoms with E-state index in [0.717, 1.165) is 62.4 Å². The normalized spacial score (nSPS) is 20.9. The molecular weight excluding hydrogens is 877 g/mol. The Bertz CT molecular complexity index is 2050. The first kappa shape index (κ1) is 58.4. The first-order chi connectivity index (χ1) is 32.1. The van der Waals surface area contributed by atoms with Crippen LogP contribution in [-0.4, -0.2) is 115 Å². The highest BCUT2D eigenvalue weighted by Gasteiger charge is 2.33. The van der Waals surface area contributed by atoms with Gasteiger partial charge in [-0.2, -0.15) is 0 Å². The number of aliphatic carboxylic acids is 1. The molecule has 1 aromatic heterocycles. The van der Waals surface area contributed by atoms with E-state index in [9.17, 15) is 43.2 Å². The van der Waals surface area contributed by atoms with Crippen LogP contribution >= 0.6 is 0 Å². The van der Waals surface area contributed by atoms with Crippen LogP contribution in [-0.2, 0) is 51.8 Å². The summed E-state index contributed by atoms with van der Waals surface area (Å²) in [7, 11) is 1.71. The molecule has 1 aliphatic carbocycles. The number of hydrogen-bond donors (Lipinski definition) is 5. The van der Waals surface area contributed by atoms with Crippen LogP contribution < -0.4 is 27.4 Å². The Hall–Kier alpha value is -5.75. The second kappa shape index (κ2) is 28.5. The SMILES string of the molecule is CC.CC(CN(CCC1CCC(C)N1C=O)C(=O)CC1CCC(Cc2ccc3c(c2)n(C)c(=O)n3C2CCC(=O)NC2=O)CC1)NC(=O)OC(C)(C)C.CCC.NC(=O)CCC(NC=O)C(=O)O. The number of hydrogen-bond acceptors (Lipinski definition) is 10. The summed E-state index contributed by atoms with van der Waals surface area (Å²) >= 11 is 0. The molecule has 0 radical (unpaired) electrons. The number of rotatable bonds is 18. The number of aromatic nitrogens is 2. The van der Waals surface area contributed by atoms with Crippen molar-refractivity contribution in [2.45, 2.75) is 188 Å². The summed E-state index contributed by atoms with van der Waals surface area (Å²) in [5.41, 5.74) is 6.47. The van der Waals surface area contributed by atoms with E-state index in [0.29, 0.717) is 43.8 Å². The van der Waals surface area contributed by atoms with Crippen molar-refractivity contribution in [3.05, 3.63) is 34.2 Å². The number of likely N-dealkylation sites (tertiary alicyclic amines) is 1. The fraction of sp³-hybridized carbons (Fsp3) is 0.694. The summed E-state index contributed by atoms with van der Waals surface area (Å²) in [5.74, 6) is -1.72. The molecule has 3 heterocycles. The number of imide groups is 1. The predicted molar refractivity (Wildman–Crippen MR) is 259 cm³/mol. The van der Waals surface area contributed by atoms with Crippen molar-refractivity contribution in [2.75, 3.05) is 13.1 Å². The molecule has 5 rings (SSSR count). The number of ether oxygens (including phenoxy) is 1. The Morgan fingerprint density at radius 1 is 0.985 bits per heavy atom. The van der Waals surface area contributed by atoms with Crippen LogP contribution in [0.4, 0.5) is 4.79 Å². The average molecular weight is 957 g/mol. The third-order valence-corrected chi connectivity index (χ3v) is 12.2. The number of carbonyl (C=O) groups is 8. The Labute approximate surface area is 401 Å². The van der Waals surface area contributed by atoms with Crippen LogP contribution in [0.3, 0.4) is 0 Å². The number of nitrogens with zero attached hydrogens (tertiary/aromatic N) is 4. The van der Waals surface area contributed by atoms with E-state index in [1.54, 1.807) is 11.6 Å². The van der Waals surface area contributed by atoms with Gasteiger partial charge in [0, 0.05) is 57.5 Å². The van der Waals surface area contributed by atoms with Gasteiger partial charge in [0.2, 0.25) is 36.4 Å². The zero-order chi connectivity index (χ0) is 51.3. The Balaban J connectivity index is 0.000000800. The van der Waals surface area contributed by atoms with E-state index in [1.165, 1.54) is 11.0 Å². The first-order valence-corrected chi connectivity index (χ1v) is 24.4. The van der Waals surface area contributed by atoms with E-state index >= 15 is 0 Å². The smallest absolute Gasteiger partial charge is 0.407 e. The lowest BCUT2D eigenvalue weighted by Crippen LogP contribution is -2.47. The fourth-order valence-corrected chi connectivity index (χ4v) is 8.84. The van der Waals surface area contributed by atoms with Gasteiger partial charge in [-0.3, -0.25) is 43.2 Å². The molecule has 0 spiro atoms. The third kappa shape index (κ3) is 18.4. The molecule has 5 unspecified atom stereocenters. The number of amides is 7. The van der Waals surface area contributed by atoms with Crippen molar-refractivity contribution in [1.29, 1.82) is 0 Å². The van der Waals surface area contributed by atoms with E-state index < -0.39 is 41.6 Å². The van der Waals surface area contributed by atoms with Gasteiger partial charge in [-0.25, -0.2) is 14.4 Å².